The quantitative estimate of drug-likeness (QED) is 0.944. The van der Waals surface area contributed by atoms with Crippen molar-refractivity contribution in [3.8, 4) is 0 Å². The first-order valence-corrected chi connectivity index (χ1v) is 7.80. The molecule has 120 valence electrons. The second kappa shape index (κ2) is 6.28. The van der Waals surface area contributed by atoms with Crippen molar-refractivity contribution >= 4 is 11.8 Å². The zero-order valence-electron chi connectivity index (χ0n) is 13.5. The molecule has 2 aromatic rings. The van der Waals surface area contributed by atoms with Gasteiger partial charge < -0.3 is 14.8 Å². The third kappa shape index (κ3) is 3.44. The van der Waals surface area contributed by atoms with Gasteiger partial charge in [0.15, 0.2) is 0 Å². The summed E-state index contributed by atoms with van der Waals surface area (Å²) in [5.74, 6) is -0.116. The van der Waals surface area contributed by atoms with Crippen LogP contribution in [0.25, 0.3) is 0 Å². The van der Waals surface area contributed by atoms with E-state index >= 15 is 0 Å². The minimum absolute atomic E-state index is 0.00606. The van der Waals surface area contributed by atoms with Crippen LogP contribution in [0.3, 0.4) is 0 Å². The zero-order chi connectivity index (χ0) is 16.4. The highest BCUT2D eigenvalue weighted by molar-refractivity contribution is 5.95. The maximum atomic E-state index is 12.4. The van der Waals surface area contributed by atoms with E-state index in [1.165, 1.54) is 5.56 Å². The maximum Gasteiger partial charge on any atom is 0.270 e. The molecule has 1 aromatic carbocycles. The first-order chi connectivity index (χ1) is 11.0. The van der Waals surface area contributed by atoms with Crippen LogP contribution in [0.1, 0.15) is 27.2 Å². The summed E-state index contributed by atoms with van der Waals surface area (Å²) in [6.07, 6.45) is 1.79. The van der Waals surface area contributed by atoms with E-state index in [0.29, 0.717) is 25.3 Å². The van der Waals surface area contributed by atoms with Gasteiger partial charge in [0.2, 0.25) is 5.91 Å². The van der Waals surface area contributed by atoms with Gasteiger partial charge in [-0.1, -0.05) is 29.8 Å². The molecule has 5 heteroatoms. The summed E-state index contributed by atoms with van der Waals surface area (Å²) in [5.41, 5.74) is 3.88. The average Bonchev–Trinajstić information content (AvgIpc) is 2.97. The Hall–Kier alpha value is -2.56. The molecular formula is C18H21N3O2. The number of aromatic amines is 1. The van der Waals surface area contributed by atoms with E-state index in [1.54, 1.807) is 11.1 Å². The molecule has 1 fully saturated rings. The second-order valence-corrected chi connectivity index (χ2v) is 6.12. The van der Waals surface area contributed by atoms with Crippen molar-refractivity contribution in [2.45, 2.75) is 20.4 Å². The van der Waals surface area contributed by atoms with E-state index < -0.39 is 0 Å². The number of nitrogens with one attached hydrogen (secondary N) is 1. The Morgan fingerprint density at radius 1 is 1.13 bits per heavy atom. The van der Waals surface area contributed by atoms with Gasteiger partial charge in [0.1, 0.15) is 12.2 Å². The second-order valence-electron chi connectivity index (χ2n) is 6.12. The highest BCUT2D eigenvalue weighted by Gasteiger charge is 2.28. The van der Waals surface area contributed by atoms with Crippen molar-refractivity contribution in [1.29, 1.82) is 0 Å². The number of hydrogen-bond acceptors (Lipinski definition) is 2. The number of hydrogen-bond donors (Lipinski definition) is 1. The van der Waals surface area contributed by atoms with Gasteiger partial charge in [-0.3, -0.25) is 9.59 Å². The Morgan fingerprint density at radius 3 is 2.48 bits per heavy atom. The van der Waals surface area contributed by atoms with Crippen LogP contribution in [0.15, 0.2) is 36.5 Å². The number of piperazine rings is 1. The molecular weight excluding hydrogens is 290 g/mol. The van der Waals surface area contributed by atoms with Crippen LogP contribution in [0, 0.1) is 13.8 Å². The van der Waals surface area contributed by atoms with Gasteiger partial charge in [-0.05, 0) is 31.0 Å². The maximum absolute atomic E-state index is 12.4. The SMILES string of the molecule is Cc1ccc(CN2CCN(C(=O)c3cc(C)c[nH]3)CC2=O)cc1. The number of H-pyrrole nitrogens is 1. The van der Waals surface area contributed by atoms with Crippen LogP contribution in [0.2, 0.25) is 0 Å². The minimum Gasteiger partial charge on any atom is -0.357 e. The topological polar surface area (TPSA) is 56.4 Å². The van der Waals surface area contributed by atoms with Gasteiger partial charge >= 0.3 is 0 Å². The minimum atomic E-state index is -0.110. The molecule has 0 aliphatic carbocycles. The molecule has 0 spiro atoms. The lowest BCUT2D eigenvalue weighted by molar-refractivity contribution is -0.135. The number of rotatable bonds is 3. The standard InChI is InChI=1S/C18H21N3O2/c1-13-3-5-15(6-4-13)11-20-7-8-21(12-17(20)22)18(23)16-9-14(2)10-19-16/h3-6,9-10,19H,7-8,11-12H2,1-2H3. The lowest BCUT2D eigenvalue weighted by Crippen LogP contribution is -2.51. The van der Waals surface area contributed by atoms with Crippen LogP contribution < -0.4 is 0 Å². The molecule has 0 saturated carbocycles. The molecule has 1 N–H and O–H groups in total. The number of carbonyl (C=O) groups is 2. The number of aromatic nitrogens is 1. The van der Waals surface area contributed by atoms with Crippen molar-refractivity contribution in [2.75, 3.05) is 19.6 Å². The molecule has 0 radical (unpaired) electrons. The smallest absolute Gasteiger partial charge is 0.270 e. The number of nitrogens with zero attached hydrogens (tertiary/aromatic N) is 2. The fourth-order valence-corrected chi connectivity index (χ4v) is 2.76. The summed E-state index contributed by atoms with van der Waals surface area (Å²) in [7, 11) is 0. The summed E-state index contributed by atoms with van der Waals surface area (Å²) in [5, 5.41) is 0. The normalized spacial score (nSPS) is 15.1. The zero-order valence-corrected chi connectivity index (χ0v) is 13.5. The highest BCUT2D eigenvalue weighted by Crippen LogP contribution is 2.13. The Labute approximate surface area is 135 Å². The van der Waals surface area contributed by atoms with Gasteiger partial charge in [0.25, 0.3) is 5.91 Å². The summed E-state index contributed by atoms with van der Waals surface area (Å²) in [6, 6.07) is 10.00. The molecule has 0 bridgehead atoms. The largest absolute Gasteiger partial charge is 0.357 e. The lowest BCUT2D eigenvalue weighted by Gasteiger charge is -2.34. The fourth-order valence-electron chi connectivity index (χ4n) is 2.76. The first kappa shape index (κ1) is 15.3. The summed E-state index contributed by atoms with van der Waals surface area (Å²) in [6.45, 7) is 5.84. The summed E-state index contributed by atoms with van der Waals surface area (Å²) >= 11 is 0. The molecule has 3 rings (SSSR count). The summed E-state index contributed by atoms with van der Waals surface area (Å²) in [4.78, 5) is 31.1. The molecule has 1 aromatic heterocycles. The third-order valence-corrected chi connectivity index (χ3v) is 4.16. The Morgan fingerprint density at radius 2 is 1.87 bits per heavy atom. The van der Waals surface area contributed by atoms with Crippen molar-refractivity contribution in [3.63, 3.8) is 0 Å². The Kier molecular flexibility index (Phi) is 4.19. The molecule has 1 saturated heterocycles. The van der Waals surface area contributed by atoms with Gasteiger partial charge in [-0.15, -0.1) is 0 Å². The number of amides is 2. The van der Waals surface area contributed by atoms with E-state index in [-0.39, 0.29) is 18.4 Å². The van der Waals surface area contributed by atoms with Crippen LogP contribution in [-0.2, 0) is 11.3 Å². The Balaban J connectivity index is 1.62. The van der Waals surface area contributed by atoms with E-state index in [9.17, 15) is 9.59 Å². The molecule has 23 heavy (non-hydrogen) atoms. The number of benzene rings is 1. The van der Waals surface area contributed by atoms with Crippen LogP contribution in [-0.4, -0.2) is 46.2 Å². The van der Waals surface area contributed by atoms with Crippen molar-refractivity contribution < 1.29 is 9.59 Å². The molecule has 1 aliphatic heterocycles. The van der Waals surface area contributed by atoms with E-state index in [2.05, 4.69) is 4.98 Å². The number of aryl methyl sites for hydroxylation is 2. The van der Waals surface area contributed by atoms with Gasteiger partial charge in [0, 0.05) is 25.8 Å². The lowest BCUT2D eigenvalue weighted by atomic mass is 10.1. The molecule has 0 unspecified atom stereocenters. The first-order valence-electron chi connectivity index (χ1n) is 7.80. The molecule has 2 heterocycles. The number of carbonyl (C=O) groups excluding carboxylic acids is 2. The van der Waals surface area contributed by atoms with Crippen LogP contribution >= 0.6 is 0 Å². The van der Waals surface area contributed by atoms with E-state index in [0.717, 1.165) is 11.1 Å². The van der Waals surface area contributed by atoms with E-state index in [1.807, 2.05) is 49.1 Å². The average molecular weight is 311 g/mol. The third-order valence-electron chi connectivity index (χ3n) is 4.16. The molecule has 2 amide bonds. The van der Waals surface area contributed by atoms with Crippen LogP contribution in [0.5, 0.6) is 0 Å². The van der Waals surface area contributed by atoms with E-state index in [4.69, 9.17) is 0 Å². The van der Waals surface area contributed by atoms with Crippen LogP contribution in [0.4, 0.5) is 0 Å². The highest BCUT2D eigenvalue weighted by atomic mass is 16.2. The summed E-state index contributed by atoms with van der Waals surface area (Å²) < 4.78 is 0. The predicted octanol–water partition coefficient (Wildman–Crippen LogP) is 2.12. The fraction of sp³-hybridized carbons (Fsp3) is 0.333. The van der Waals surface area contributed by atoms with Crippen molar-refractivity contribution in [3.05, 3.63) is 58.9 Å². The van der Waals surface area contributed by atoms with Crippen molar-refractivity contribution in [2.24, 2.45) is 0 Å². The predicted molar refractivity (Wildman–Crippen MR) is 88.0 cm³/mol. The van der Waals surface area contributed by atoms with Gasteiger partial charge in [-0.25, -0.2) is 0 Å². The molecule has 1 aliphatic rings. The molecule has 5 nitrogen and oxygen atoms in total. The van der Waals surface area contributed by atoms with Gasteiger partial charge in [-0.2, -0.15) is 0 Å². The molecule has 0 atom stereocenters. The monoisotopic (exact) mass is 311 g/mol. The van der Waals surface area contributed by atoms with Crippen molar-refractivity contribution in [1.82, 2.24) is 14.8 Å². The van der Waals surface area contributed by atoms with Gasteiger partial charge in [0.05, 0.1) is 0 Å². The Bertz CT molecular complexity index is 718.